The van der Waals surface area contributed by atoms with Crippen molar-refractivity contribution >= 4 is 17.7 Å². The first-order chi connectivity index (χ1) is 15.0. The van der Waals surface area contributed by atoms with Gasteiger partial charge in [-0.1, -0.05) is 44.2 Å². The third kappa shape index (κ3) is 6.26. The summed E-state index contributed by atoms with van der Waals surface area (Å²) in [6.45, 7) is 3.74. The van der Waals surface area contributed by atoms with Gasteiger partial charge >= 0.3 is 0 Å². The Morgan fingerprint density at radius 1 is 1.19 bits per heavy atom. The van der Waals surface area contributed by atoms with Gasteiger partial charge in [-0.3, -0.25) is 14.4 Å². The van der Waals surface area contributed by atoms with Gasteiger partial charge in [-0.15, -0.1) is 0 Å². The van der Waals surface area contributed by atoms with E-state index in [1.165, 1.54) is 0 Å². The smallest absolute Gasteiger partial charge is 0.278 e. The molecular formula is C22H35N4O6+. The van der Waals surface area contributed by atoms with Crippen LogP contribution in [-0.4, -0.2) is 76.0 Å². The maximum absolute atomic E-state index is 12.9. The highest BCUT2D eigenvalue weighted by Crippen LogP contribution is 2.30. The number of primary amides is 1. The van der Waals surface area contributed by atoms with Gasteiger partial charge in [-0.2, -0.15) is 0 Å². The number of carbonyl (C=O) groups is 3. The van der Waals surface area contributed by atoms with Gasteiger partial charge in [0.15, 0.2) is 6.04 Å². The fraction of sp³-hybridized carbons (Fsp3) is 0.591. The number of nitrogens with one attached hydrogen (secondary N) is 2. The van der Waals surface area contributed by atoms with Crippen LogP contribution in [0.3, 0.4) is 0 Å². The normalized spacial score (nSPS) is 27.4. The highest BCUT2D eigenvalue weighted by atomic mass is 16.3. The third-order valence-electron chi connectivity index (χ3n) is 5.97. The summed E-state index contributed by atoms with van der Waals surface area (Å²) in [4.78, 5) is 37.4. The number of carbonyl (C=O) groups excluding carboxylic acids is 3. The molecule has 2 rings (SSSR count). The molecule has 0 heterocycles. The number of hydrogen-bond donors (Lipinski definition) is 7. The van der Waals surface area contributed by atoms with E-state index in [-0.39, 0.29) is 24.7 Å². The molecule has 0 radical (unpaired) electrons. The molecule has 9 N–H and O–H groups in total. The molecule has 10 nitrogen and oxygen atoms in total. The van der Waals surface area contributed by atoms with Crippen LogP contribution in [0.5, 0.6) is 0 Å². The van der Waals surface area contributed by atoms with Gasteiger partial charge < -0.3 is 37.0 Å². The molecule has 0 aliphatic heterocycles. The van der Waals surface area contributed by atoms with Crippen LogP contribution in [0.2, 0.25) is 0 Å². The van der Waals surface area contributed by atoms with Crippen molar-refractivity contribution in [2.24, 2.45) is 11.7 Å². The van der Waals surface area contributed by atoms with E-state index in [2.05, 4.69) is 10.6 Å². The highest BCUT2D eigenvalue weighted by Gasteiger charge is 2.50. The van der Waals surface area contributed by atoms with Gasteiger partial charge in [0.25, 0.3) is 11.8 Å². The van der Waals surface area contributed by atoms with Gasteiger partial charge in [0.1, 0.15) is 17.7 Å². The zero-order valence-electron chi connectivity index (χ0n) is 18.7. The molecule has 0 aromatic heterocycles. The highest BCUT2D eigenvalue weighted by molar-refractivity contribution is 5.91. The molecule has 1 fully saturated rings. The summed E-state index contributed by atoms with van der Waals surface area (Å²) in [5, 5.41) is 38.5. The lowest BCUT2D eigenvalue weighted by Crippen LogP contribution is -2.91. The fourth-order valence-electron chi connectivity index (χ4n) is 4.11. The van der Waals surface area contributed by atoms with Gasteiger partial charge in [-0.25, -0.2) is 0 Å². The lowest BCUT2D eigenvalue weighted by Gasteiger charge is -2.42. The average Bonchev–Trinajstić information content (AvgIpc) is 2.72. The Balaban J connectivity index is 2.14. The second kappa shape index (κ2) is 10.9. The van der Waals surface area contributed by atoms with E-state index in [0.29, 0.717) is 0 Å². The van der Waals surface area contributed by atoms with Crippen LogP contribution in [0.15, 0.2) is 30.3 Å². The van der Waals surface area contributed by atoms with Crippen molar-refractivity contribution in [2.45, 2.75) is 69.0 Å². The molecular weight excluding hydrogens is 416 g/mol. The molecule has 10 heteroatoms. The number of aliphatic hydroxyl groups is 3. The minimum Gasteiger partial charge on any atom is -0.390 e. The van der Waals surface area contributed by atoms with Crippen molar-refractivity contribution in [3.8, 4) is 0 Å². The van der Waals surface area contributed by atoms with E-state index in [0.717, 1.165) is 5.56 Å². The van der Waals surface area contributed by atoms with E-state index in [4.69, 9.17) is 5.73 Å². The maximum Gasteiger partial charge on any atom is 0.278 e. The molecule has 0 saturated heterocycles. The first-order valence-electron chi connectivity index (χ1n) is 10.8. The van der Waals surface area contributed by atoms with E-state index >= 15 is 0 Å². The van der Waals surface area contributed by atoms with Gasteiger partial charge in [0.05, 0.1) is 19.2 Å². The SMILES string of the molecule is C[NH2+][C@H](C(=O)N[C@H]1C[C@@](O)(C(=O)N[C@H](Cc2ccccc2)C(N)=O)C[C@@H](O)[C@@H]1O)C(C)C. The maximum atomic E-state index is 12.9. The third-order valence-corrected chi connectivity index (χ3v) is 5.97. The lowest BCUT2D eigenvalue weighted by molar-refractivity contribution is -0.656. The van der Waals surface area contributed by atoms with Gasteiger partial charge in [-0.05, 0) is 5.56 Å². The number of aliphatic hydroxyl groups excluding tert-OH is 2. The van der Waals surface area contributed by atoms with Crippen LogP contribution in [0.4, 0.5) is 0 Å². The molecule has 0 unspecified atom stereocenters. The van der Waals surface area contributed by atoms with E-state index < -0.39 is 54.2 Å². The average molecular weight is 452 g/mol. The number of nitrogens with two attached hydrogens (primary N) is 2. The Kier molecular flexibility index (Phi) is 8.73. The number of likely N-dealkylation sites (N-methyl/N-ethyl adjacent to an activating group) is 1. The van der Waals surface area contributed by atoms with Crippen molar-refractivity contribution in [1.29, 1.82) is 0 Å². The Morgan fingerprint density at radius 2 is 1.81 bits per heavy atom. The second-order valence-electron chi connectivity index (χ2n) is 8.83. The van der Waals surface area contributed by atoms with Crippen molar-refractivity contribution in [3.05, 3.63) is 35.9 Å². The second-order valence-corrected chi connectivity index (χ2v) is 8.83. The Morgan fingerprint density at radius 3 is 2.34 bits per heavy atom. The van der Waals surface area contributed by atoms with Crippen LogP contribution >= 0.6 is 0 Å². The first-order valence-corrected chi connectivity index (χ1v) is 10.8. The van der Waals surface area contributed by atoms with E-state index in [9.17, 15) is 29.7 Å². The summed E-state index contributed by atoms with van der Waals surface area (Å²) in [6.07, 6.45) is -3.45. The molecule has 1 aromatic rings. The standard InChI is InChI=1S/C22H34N4O6/c1-12(2)17(24-3)20(30)25-15-10-22(32,11-16(27)18(15)28)21(31)26-14(19(23)29)9-13-7-5-4-6-8-13/h4-8,12,14-18,24,27-28,32H,9-11H2,1-3H3,(H2,23,29)(H,25,30)(H,26,31)/p+1/t14-,15+,16-,17+,18-,22+/m1/s1. The van der Waals surface area contributed by atoms with Crippen molar-refractivity contribution in [2.75, 3.05) is 7.05 Å². The largest absolute Gasteiger partial charge is 0.390 e. The van der Waals surface area contributed by atoms with Gasteiger partial charge in [0.2, 0.25) is 5.91 Å². The van der Waals surface area contributed by atoms with Crippen LogP contribution < -0.4 is 21.7 Å². The topological polar surface area (TPSA) is 179 Å². The molecule has 1 aromatic carbocycles. The van der Waals surface area contributed by atoms with Crippen LogP contribution in [0, 0.1) is 5.92 Å². The molecule has 1 saturated carbocycles. The Bertz CT molecular complexity index is 805. The minimum atomic E-state index is -2.11. The zero-order valence-corrected chi connectivity index (χ0v) is 18.7. The fourth-order valence-corrected chi connectivity index (χ4v) is 4.11. The summed E-state index contributed by atoms with van der Waals surface area (Å²) in [5.74, 6) is -2.04. The van der Waals surface area contributed by atoms with E-state index in [1.54, 1.807) is 36.6 Å². The van der Waals surface area contributed by atoms with Crippen LogP contribution in [0.25, 0.3) is 0 Å². The number of amides is 3. The molecule has 3 amide bonds. The molecule has 0 spiro atoms. The number of quaternary nitrogens is 1. The number of rotatable bonds is 9. The molecule has 1 aliphatic carbocycles. The Hall–Kier alpha value is -2.53. The van der Waals surface area contributed by atoms with E-state index in [1.807, 2.05) is 19.9 Å². The Labute approximate surface area is 187 Å². The molecule has 6 atom stereocenters. The van der Waals surface area contributed by atoms with Crippen molar-refractivity contribution in [3.63, 3.8) is 0 Å². The molecule has 32 heavy (non-hydrogen) atoms. The number of benzene rings is 1. The van der Waals surface area contributed by atoms with Crippen molar-refractivity contribution in [1.82, 2.24) is 10.6 Å². The van der Waals surface area contributed by atoms with Crippen LogP contribution in [0.1, 0.15) is 32.3 Å². The lowest BCUT2D eigenvalue weighted by atomic mass is 9.77. The molecule has 178 valence electrons. The quantitative estimate of drug-likeness (QED) is 0.212. The minimum absolute atomic E-state index is 0.00199. The first kappa shape index (κ1) is 25.7. The summed E-state index contributed by atoms with van der Waals surface area (Å²) in [5.41, 5.74) is 4.10. The monoisotopic (exact) mass is 451 g/mol. The summed E-state index contributed by atoms with van der Waals surface area (Å²) in [6, 6.07) is 6.37. The predicted molar refractivity (Wildman–Crippen MR) is 116 cm³/mol. The molecule has 0 bridgehead atoms. The van der Waals surface area contributed by atoms with Crippen LogP contribution in [-0.2, 0) is 20.8 Å². The zero-order chi connectivity index (χ0) is 24.1. The number of hydrogen-bond acceptors (Lipinski definition) is 6. The van der Waals surface area contributed by atoms with Crippen molar-refractivity contribution < 1.29 is 35.0 Å². The van der Waals surface area contributed by atoms with Gasteiger partial charge in [0, 0.05) is 25.2 Å². The predicted octanol–water partition coefficient (Wildman–Crippen LogP) is -2.85. The summed E-state index contributed by atoms with van der Waals surface area (Å²) in [7, 11) is 1.75. The molecule has 1 aliphatic rings. The summed E-state index contributed by atoms with van der Waals surface area (Å²) < 4.78 is 0. The summed E-state index contributed by atoms with van der Waals surface area (Å²) >= 11 is 0.